The lowest BCUT2D eigenvalue weighted by Gasteiger charge is -2.33. The Labute approximate surface area is 166 Å². The third-order valence-electron chi connectivity index (χ3n) is 5.04. The minimum atomic E-state index is -0.598. The minimum absolute atomic E-state index is 0.0440. The third-order valence-corrected chi connectivity index (χ3v) is 6.09. The van der Waals surface area contributed by atoms with Crippen LogP contribution in [0.2, 0.25) is 0 Å². The van der Waals surface area contributed by atoms with Crippen LogP contribution in [0.25, 0.3) is 0 Å². The van der Waals surface area contributed by atoms with Crippen molar-refractivity contribution < 1.29 is 19.1 Å². The smallest absolute Gasteiger partial charge is 0.338 e. The SMILES string of the molecule is C[C@H](NC(=O)COC(=O)c1ccc2c(c1)NC(=O)[C@@H]1CCCN21)c1cccs1. The molecule has 2 aliphatic heterocycles. The molecule has 1 fully saturated rings. The van der Waals surface area contributed by atoms with Crippen LogP contribution < -0.4 is 15.5 Å². The van der Waals surface area contributed by atoms with E-state index in [1.54, 1.807) is 23.5 Å². The molecule has 2 aromatic rings. The highest BCUT2D eigenvalue weighted by molar-refractivity contribution is 7.10. The van der Waals surface area contributed by atoms with Crippen molar-refractivity contribution in [1.29, 1.82) is 0 Å². The normalized spacial score (nSPS) is 18.7. The van der Waals surface area contributed by atoms with Crippen molar-refractivity contribution in [3.8, 4) is 0 Å². The van der Waals surface area contributed by atoms with Gasteiger partial charge in [0, 0.05) is 11.4 Å². The van der Waals surface area contributed by atoms with Crippen LogP contribution in [0, 0.1) is 0 Å². The number of carbonyl (C=O) groups excluding carboxylic acids is 3. The molecule has 4 rings (SSSR count). The highest BCUT2D eigenvalue weighted by atomic mass is 32.1. The van der Waals surface area contributed by atoms with Crippen LogP contribution >= 0.6 is 11.3 Å². The van der Waals surface area contributed by atoms with Crippen molar-refractivity contribution in [3.63, 3.8) is 0 Å². The number of anilines is 2. The summed E-state index contributed by atoms with van der Waals surface area (Å²) in [4.78, 5) is 39.7. The summed E-state index contributed by atoms with van der Waals surface area (Å²) in [5, 5.41) is 7.61. The average molecular weight is 399 g/mol. The van der Waals surface area contributed by atoms with E-state index in [1.807, 2.05) is 30.5 Å². The van der Waals surface area contributed by atoms with Crippen LogP contribution in [0.5, 0.6) is 0 Å². The Morgan fingerprint density at radius 2 is 2.25 bits per heavy atom. The van der Waals surface area contributed by atoms with Crippen LogP contribution in [-0.2, 0) is 14.3 Å². The molecule has 2 atom stereocenters. The minimum Gasteiger partial charge on any atom is -0.452 e. The molecule has 2 N–H and O–H groups in total. The molecule has 0 bridgehead atoms. The highest BCUT2D eigenvalue weighted by Gasteiger charge is 2.36. The van der Waals surface area contributed by atoms with E-state index in [1.165, 1.54) is 0 Å². The predicted molar refractivity (Wildman–Crippen MR) is 107 cm³/mol. The Kier molecular flexibility index (Phi) is 5.04. The number of rotatable bonds is 5. The van der Waals surface area contributed by atoms with E-state index in [0.717, 1.165) is 30.0 Å². The summed E-state index contributed by atoms with van der Waals surface area (Å²) in [5.74, 6) is -1.00. The van der Waals surface area contributed by atoms with E-state index < -0.39 is 5.97 Å². The van der Waals surface area contributed by atoms with Gasteiger partial charge < -0.3 is 20.3 Å². The number of amides is 2. The zero-order valence-corrected chi connectivity index (χ0v) is 16.3. The molecule has 3 heterocycles. The molecule has 2 aliphatic rings. The van der Waals surface area contributed by atoms with Gasteiger partial charge in [0.25, 0.3) is 5.91 Å². The predicted octanol–water partition coefficient (Wildman–Crippen LogP) is 2.70. The Hall–Kier alpha value is -2.87. The number of ether oxygens (including phenoxy) is 1. The number of thiophene rings is 1. The molecule has 7 nitrogen and oxygen atoms in total. The number of nitrogens with one attached hydrogen (secondary N) is 2. The van der Waals surface area contributed by atoms with Gasteiger partial charge in [-0.3, -0.25) is 9.59 Å². The number of fused-ring (bicyclic) bond motifs is 3. The molecule has 0 unspecified atom stereocenters. The van der Waals surface area contributed by atoms with E-state index in [2.05, 4.69) is 15.5 Å². The van der Waals surface area contributed by atoms with Gasteiger partial charge in [-0.2, -0.15) is 0 Å². The summed E-state index contributed by atoms with van der Waals surface area (Å²) >= 11 is 1.55. The molecule has 1 aromatic carbocycles. The van der Waals surface area contributed by atoms with Gasteiger partial charge in [0.2, 0.25) is 5.91 Å². The quantitative estimate of drug-likeness (QED) is 0.755. The second-order valence-electron chi connectivity index (χ2n) is 6.95. The summed E-state index contributed by atoms with van der Waals surface area (Å²) in [6, 6.07) is 8.69. The molecule has 28 heavy (non-hydrogen) atoms. The highest BCUT2D eigenvalue weighted by Crippen LogP contribution is 2.37. The Balaban J connectivity index is 1.37. The molecular weight excluding hydrogens is 378 g/mol. The molecule has 0 spiro atoms. The second kappa shape index (κ2) is 7.63. The van der Waals surface area contributed by atoms with Crippen molar-refractivity contribution in [2.75, 3.05) is 23.4 Å². The van der Waals surface area contributed by atoms with Gasteiger partial charge in [0.05, 0.1) is 23.0 Å². The number of nitrogens with zero attached hydrogens (tertiary/aromatic N) is 1. The van der Waals surface area contributed by atoms with Crippen LogP contribution in [0.15, 0.2) is 35.7 Å². The maximum absolute atomic E-state index is 12.3. The lowest BCUT2D eigenvalue weighted by atomic mass is 10.1. The fourth-order valence-electron chi connectivity index (χ4n) is 3.66. The molecular formula is C20H21N3O4S. The summed E-state index contributed by atoms with van der Waals surface area (Å²) in [5.41, 5.74) is 1.82. The molecule has 0 saturated carbocycles. The van der Waals surface area contributed by atoms with E-state index in [0.29, 0.717) is 11.3 Å². The molecule has 1 saturated heterocycles. The van der Waals surface area contributed by atoms with E-state index in [9.17, 15) is 14.4 Å². The molecule has 0 aliphatic carbocycles. The van der Waals surface area contributed by atoms with Crippen molar-refractivity contribution in [2.24, 2.45) is 0 Å². The third kappa shape index (κ3) is 3.60. The van der Waals surface area contributed by atoms with Crippen LogP contribution in [0.3, 0.4) is 0 Å². The van der Waals surface area contributed by atoms with Crippen molar-refractivity contribution in [1.82, 2.24) is 5.32 Å². The Bertz CT molecular complexity index is 912. The van der Waals surface area contributed by atoms with Crippen molar-refractivity contribution >= 4 is 40.5 Å². The first-order chi connectivity index (χ1) is 13.5. The summed E-state index contributed by atoms with van der Waals surface area (Å²) in [6.07, 6.45) is 1.81. The first-order valence-corrected chi connectivity index (χ1v) is 10.1. The molecule has 146 valence electrons. The number of hydrogen-bond acceptors (Lipinski definition) is 6. The van der Waals surface area contributed by atoms with Gasteiger partial charge in [-0.15, -0.1) is 11.3 Å². The van der Waals surface area contributed by atoms with Gasteiger partial charge >= 0.3 is 5.97 Å². The molecule has 0 radical (unpaired) electrons. The molecule has 1 aromatic heterocycles. The number of carbonyl (C=O) groups is 3. The standard InChI is InChI=1S/C20H21N3O4S/c1-12(17-5-3-9-28-17)21-18(24)11-27-20(26)13-6-7-15-14(10-13)22-19(25)16-4-2-8-23(15)16/h3,5-7,9-10,12,16H,2,4,8,11H2,1H3,(H,21,24)(H,22,25)/t12-,16-/m0/s1. The second-order valence-corrected chi connectivity index (χ2v) is 7.93. The van der Waals surface area contributed by atoms with E-state index in [-0.39, 0.29) is 30.5 Å². The topological polar surface area (TPSA) is 87.7 Å². The lowest BCUT2D eigenvalue weighted by Crippen LogP contribution is -2.43. The largest absolute Gasteiger partial charge is 0.452 e. The first-order valence-electron chi connectivity index (χ1n) is 9.24. The van der Waals surface area contributed by atoms with Gasteiger partial charge in [-0.1, -0.05) is 6.07 Å². The first kappa shape index (κ1) is 18.5. The average Bonchev–Trinajstić information content (AvgIpc) is 3.37. The number of esters is 1. The zero-order chi connectivity index (χ0) is 19.7. The zero-order valence-electron chi connectivity index (χ0n) is 15.4. The van der Waals surface area contributed by atoms with Crippen LogP contribution in [-0.4, -0.2) is 37.0 Å². The Morgan fingerprint density at radius 1 is 1.39 bits per heavy atom. The van der Waals surface area contributed by atoms with Gasteiger partial charge in [-0.05, 0) is 49.4 Å². The van der Waals surface area contributed by atoms with Gasteiger partial charge in [0.15, 0.2) is 6.61 Å². The summed E-state index contributed by atoms with van der Waals surface area (Å²) in [6.45, 7) is 2.35. The van der Waals surface area contributed by atoms with Gasteiger partial charge in [0.1, 0.15) is 6.04 Å². The summed E-state index contributed by atoms with van der Waals surface area (Å²) in [7, 11) is 0. The maximum Gasteiger partial charge on any atom is 0.338 e. The number of benzene rings is 1. The molecule has 8 heteroatoms. The molecule has 2 amide bonds. The maximum atomic E-state index is 12.3. The fraction of sp³-hybridized carbons (Fsp3) is 0.350. The van der Waals surface area contributed by atoms with Crippen LogP contribution in [0.4, 0.5) is 11.4 Å². The van der Waals surface area contributed by atoms with Crippen molar-refractivity contribution in [2.45, 2.75) is 31.8 Å². The summed E-state index contributed by atoms with van der Waals surface area (Å²) < 4.78 is 5.14. The van der Waals surface area contributed by atoms with Gasteiger partial charge in [-0.25, -0.2) is 4.79 Å². The fourth-order valence-corrected chi connectivity index (χ4v) is 4.40. The number of hydrogen-bond donors (Lipinski definition) is 2. The van der Waals surface area contributed by atoms with Crippen LogP contribution in [0.1, 0.15) is 41.0 Å². The Morgan fingerprint density at radius 3 is 3.04 bits per heavy atom. The monoisotopic (exact) mass is 399 g/mol. The van der Waals surface area contributed by atoms with E-state index in [4.69, 9.17) is 4.74 Å². The van der Waals surface area contributed by atoms with Crippen molar-refractivity contribution in [3.05, 3.63) is 46.2 Å². The lowest BCUT2D eigenvalue weighted by molar-refractivity contribution is -0.124. The van der Waals surface area contributed by atoms with E-state index >= 15 is 0 Å².